The van der Waals surface area contributed by atoms with Gasteiger partial charge >= 0.3 is 0 Å². The van der Waals surface area contributed by atoms with E-state index in [1.165, 1.54) is 33.3 Å². The molecule has 0 amide bonds. The highest BCUT2D eigenvalue weighted by atomic mass is 14.9. The van der Waals surface area contributed by atoms with Gasteiger partial charge in [-0.15, -0.1) is 0 Å². The van der Waals surface area contributed by atoms with Gasteiger partial charge in [-0.2, -0.15) is 0 Å². The zero-order valence-electron chi connectivity index (χ0n) is 13.7. The van der Waals surface area contributed by atoms with Crippen LogP contribution in [0.1, 0.15) is 22.3 Å². The molecule has 0 bridgehead atoms. The monoisotopic (exact) mass is 290 g/mol. The van der Waals surface area contributed by atoms with E-state index in [0.29, 0.717) is 0 Å². The number of rotatable bonds is 0. The van der Waals surface area contributed by atoms with E-state index in [0.717, 1.165) is 0 Å². The van der Waals surface area contributed by atoms with Crippen molar-refractivity contribution in [1.29, 1.82) is 0 Å². The van der Waals surface area contributed by atoms with Crippen molar-refractivity contribution in [2.75, 3.05) is 0 Å². The molecule has 4 aromatic heterocycles. The van der Waals surface area contributed by atoms with Gasteiger partial charge in [0.25, 0.3) is 0 Å². The normalized spacial score (nSPS) is 10.7. The molecule has 0 aliphatic rings. The molecule has 0 N–H and O–H groups in total. The third-order valence-corrected chi connectivity index (χ3v) is 3.77. The lowest BCUT2D eigenvalue weighted by molar-refractivity contribution is 1.16. The molecular weight excluding hydrogens is 268 g/mol. The van der Waals surface area contributed by atoms with Gasteiger partial charge < -0.3 is 8.80 Å². The Bertz CT molecular complexity index is 847. The first-order valence-corrected chi connectivity index (χ1v) is 7.61. The number of pyridine rings is 2. The molecule has 0 radical (unpaired) electrons. The van der Waals surface area contributed by atoms with Gasteiger partial charge in [-0.1, -0.05) is 6.07 Å². The van der Waals surface area contributed by atoms with E-state index < -0.39 is 0 Å². The smallest absolute Gasteiger partial charge is 0.0455 e. The Kier molecular flexibility index (Phi) is 3.76. The summed E-state index contributed by atoms with van der Waals surface area (Å²) >= 11 is 0. The van der Waals surface area contributed by atoms with Gasteiger partial charge in [-0.3, -0.25) is 0 Å². The van der Waals surface area contributed by atoms with Crippen LogP contribution in [0, 0.1) is 27.7 Å². The summed E-state index contributed by atoms with van der Waals surface area (Å²) in [7, 11) is 0. The van der Waals surface area contributed by atoms with Crippen LogP contribution in [0.5, 0.6) is 0 Å². The Balaban J connectivity index is 0.000000131. The summed E-state index contributed by atoms with van der Waals surface area (Å²) in [6, 6.07) is 12.9. The van der Waals surface area contributed by atoms with Gasteiger partial charge in [0.15, 0.2) is 0 Å². The van der Waals surface area contributed by atoms with E-state index in [4.69, 9.17) is 0 Å². The Morgan fingerprint density at radius 3 is 1.91 bits per heavy atom. The predicted molar refractivity (Wildman–Crippen MR) is 93.7 cm³/mol. The van der Waals surface area contributed by atoms with Crippen LogP contribution in [-0.2, 0) is 0 Å². The van der Waals surface area contributed by atoms with Gasteiger partial charge in [-0.25, -0.2) is 0 Å². The summed E-state index contributed by atoms with van der Waals surface area (Å²) in [5, 5.41) is 0. The highest BCUT2D eigenvalue weighted by molar-refractivity contribution is 5.52. The fraction of sp³-hybridized carbons (Fsp3) is 0.200. The van der Waals surface area contributed by atoms with Crippen LogP contribution in [0.15, 0.2) is 61.2 Å². The molecule has 0 unspecified atom stereocenters. The second-order valence-electron chi connectivity index (χ2n) is 6.11. The minimum absolute atomic E-state index is 1.27. The van der Waals surface area contributed by atoms with Crippen molar-refractivity contribution in [1.82, 2.24) is 8.80 Å². The maximum Gasteiger partial charge on any atom is 0.0455 e. The van der Waals surface area contributed by atoms with E-state index >= 15 is 0 Å². The van der Waals surface area contributed by atoms with E-state index in [-0.39, 0.29) is 0 Å². The molecule has 4 aromatic rings. The molecule has 0 spiro atoms. The first-order chi connectivity index (χ1) is 10.5. The van der Waals surface area contributed by atoms with Crippen molar-refractivity contribution in [3.05, 3.63) is 83.4 Å². The maximum absolute atomic E-state index is 2.19. The van der Waals surface area contributed by atoms with Gasteiger partial charge in [0.2, 0.25) is 0 Å². The fourth-order valence-electron chi connectivity index (χ4n) is 2.73. The topological polar surface area (TPSA) is 8.82 Å². The van der Waals surface area contributed by atoms with E-state index in [9.17, 15) is 0 Å². The Morgan fingerprint density at radius 2 is 1.14 bits per heavy atom. The van der Waals surface area contributed by atoms with Crippen LogP contribution in [0.4, 0.5) is 0 Å². The van der Waals surface area contributed by atoms with Crippen LogP contribution in [-0.4, -0.2) is 8.80 Å². The lowest BCUT2D eigenvalue weighted by Gasteiger charge is -1.94. The van der Waals surface area contributed by atoms with Gasteiger partial charge in [0, 0.05) is 35.8 Å². The number of fused-ring (bicyclic) bond motifs is 2. The second-order valence-corrected chi connectivity index (χ2v) is 6.11. The van der Waals surface area contributed by atoms with Crippen molar-refractivity contribution >= 4 is 11.0 Å². The number of nitrogens with zero attached hydrogens (tertiary/aromatic N) is 2. The molecule has 0 fully saturated rings. The maximum atomic E-state index is 2.19. The predicted octanol–water partition coefficient (Wildman–Crippen LogP) is 5.11. The van der Waals surface area contributed by atoms with Crippen LogP contribution < -0.4 is 0 Å². The number of hydrogen-bond donors (Lipinski definition) is 0. The minimum Gasteiger partial charge on any atom is -0.324 e. The molecule has 22 heavy (non-hydrogen) atoms. The van der Waals surface area contributed by atoms with Crippen molar-refractivity contribution in [3.63, 3.8) is 0 Å². The molecule has 0 aliphatic heterocycles. The molecule has 0 aromatic carbocycles. The molecule has 4 rings (SSSR count). The highest BCUT2D eigenvalue weighted by Gasteiger charge is 1.94. The number of aromatic nitrogens is 2. The molecule has 0 saturated carbocycles. The summed E-state index contributed by atoms with van der Waals surface area (Å²) in [5.74, 6) is 0. The van der Waals surface area contributed by atoms with Gasteiger partial charge in [0.05, 0.1) is 0 Å². The summed E-state index contributed by atoms with van der Waals surface area (Å²) in [4.78, 5) is 0. The molecule has 0 saturated heterocycles. The van der Waals surface area contributed by atoms with Crippen LogP contribution in [0.25, 0.3) is 11.0 Å². The lowest BCUT2D eigenvalue weighted by Crippen LogP contribution is -1.81. The third-order valence-electron chi connectivity index (χ3n) is 3.77. The molecular formula is C20H22N2. The first-order valence-electron chi connectivity index (χ1n) is 7.61. The first kappa shape index (κ1) is 14.5. The van der Waals surface area contributed by atoms with Crippen molar-refractivity contribution in [2.24, 2.45) is 0 Å². The van der Waals surface area contributed by atoms with E-state index in [1.54, 1.807) is 0 Å². The summed E-state index contributed by atoms with van der Waals surface area (Å²) < 4.78 is 4.30. The zero-order chi connectivity index (χ0) is 15.7. The Morgan fingerprint density at radius 1 is 0.545 bits per heavy atom. The zero-order valence-corrected chi connectivity index (χ0v) is 13.7. The number of hydrogen-bond acceptors (Lipinski definition) is 0. The second kappa shape index (κ2) is 5.72. The molecule has 112 valence electrons. The van der Waals surface area contributed by atoms with Gasteiger partial charge in [0.1, 0.15) is 0 Å². The van der Waals surface area contributed by atoms with Crippen molar-refractivity contribution < 1.29 is 0 Å². The van der Waals surface area contributed by atoms with Crippen LogP contribution in [0.3, 0.4) is 0 Å². The van der Waals surface area contributed by atoms with E-state index in [1.807, 2.05) is 0 Å². The molecule has 0 atom stereocenters. The SMILES string of the molecule is Cc1ccc2cc(C)cn2c1.Cc1ccn2cc(C)cc2c1. The summed E-state index contributed by atoms with van der Waals surface area (Å²) in [5.41, 5.74) is 7.80. The van der Waals surface area contributed by atoms with Crippen molar-refractivity contribution in [2.45, 2.75) is 27.7 Å². The molecule has 0 aliphatic carbocycles. The number of aryl methyl sites for hydroxylation is 4. The fourth-order valence-corrected chi connectivity index (χ4v) is 2.73. The van der Waals surface area contributed by atoms with Crippen molar-refractivity contribution in [3.8, 4) is 0 Å². The summed E-state index contributed by atoms with van der Waals surface area (Å²) in [6.45, 7) is 8.45. The Hall–Kier alpha value is -2.48. The third kappa shape index (κ3) is 3.06. The molecule has 2 nitrogen and oxygen atoms in total. The van der Waals surface area contributed by atoms with Crippen LogP contribution >= 0.6 is 0 Å². The van der Waals surface area contributed by atoms with Crippen LogP contribution in [0.2, 0.25) is 0 Å². The quantitative estimate of drug-likeness (QED) is 0.425. The standard InChI is InChI=1S/2C10H11N/c1-8-3-4-10-5-9(2)7-11(10)6-8;1-8-3-4-11-7-9(2)6-10(11)5-8/h2*3-7H,1-2H3. The average molecular weight is 290 g/mol. The average Bonchev–Trinajstić information content (AvgIpc) is 2.99. The van der Waals surface area contributed by atoms with E-state index in [2.05, 4.69) is 97.7 Å². The summed E-state index contributed by atoms with van der Waals surface area (Å²) in [6.07, 6.45) is 8.51. The highest BCUT2D eigenvalue weighted by Crippen LogP contribution is 2.11. The lowest BCUT2D eigenvalue weighted by atomic mass is 10.3. The largest absolute Gasteiger partial charge is 0.324 e. The molecule has 4 heterocycles. The molecule has 2 heteroatoms. The van der Waals surface area contributed by atoms with Gasteiger partial charge in [-0.05, 0) is 80.3 Å². The minimum atomic E-state index is 1.27. The Labute approximate surface area is 131 Å².